The lowest BCUT2D eigenvalue weighted by Crippen LogP contribution is -2.45. The monoisotopic (exact) mass is 603 g/mol. The van der Waals surface area contributed by atoms with Gasteiger partial charge in [0.15, 0.2) is 11.7 Å². The fraction of sp³-hybridized carbons (Fsp3) is 0.258. The molecule has 3 aromatic rings. The Labute approximate surface area is 254 Å². The summed E-state index contributed by atoms with van der Waals surface area (Å²) in [5.74, 6) is -0.453. The van der Waals surface area contributed by atoms with E-state index in [-0.39, 0.29) is 19.2 Å². The average Bonchev–Trinajstić information content (AvgIpc) is 3.24. The first kappa shape index (κ1) is 31.0. The van der Waals surface area contributed by atoms with Crippen LogP contribution in [0.15, 0.2) is 71.0 Å². The summed E-state index contributed by atoms with van der Waals surface area (Å²) in [6.45, 7) is 8.66. The van der Waals surface area contributed by atoms with Crippen LogP contribution in [0.25, 0.3) is 5.69 Å². The Kier molecular flexibility index (Phi) is 9.94. The topological polar surface area (TPSA) is 132 Å². The minimum atomic E-state index is -0.627. The molecule has 224 valence electrons. The zero-order valence-corrected chi connectivity index (χ0v) is 25.3. The van der Waals surface area contributed by atoms with E-state index in [0.717, 1.165) is 22.6 Å². The molecule has 0 bridgehead atoms. The third-order valence-electron chi connectivity index (χ3n) is 6.57. The molecule has 0 fully saturated rings. The molecule has 1 aliphatic rings. The van der Waals surface area contributed by atoms with E-state index in [1.54, 1.807) is 50.4 Å². The molecule has 2 aromatic carbocycles. The van der Waals surface area contributed by atoms with Crippen molar-refractivity contribution < 1.29 is 28.6 Å². The minimum absolute atomic E-state index is 0.222. The molecule has 1 amide bonds. The Morgan fingerprint density at radius 2 is 1.81 bits per heavy atom. The van der Waals surface area contributed by atoms with Crippen molar-refractivity contribution in [3.05, 3.63) is 88.4 Å². The van der Waals surface area contributed by atoms with Crippen LogP contribution in [0, 0.1) is 13.8 Å². The summed E-state index contributed by atoms with van der Waals surface area (Å²) >= 11 is 5.32. The molecule has 0 unspecified atom stereocenters. The molecule has 12 heteroatoms. The van der Waals surface area contributed by atoms with E-state index in [9.17, 15) is 14.4 Å². The Morgan fingerprint density at radius 3 is 2.51 bits per heavy atom. The first-order valence-electron chi connectivity index (χ1n) is 13.6. The minimum Gasteiger partial charge on any atom is -0.483 e. The van der Waals surface area contributed by atoms with Crippen LogP contribution >= 0.6 is 12.2 Å². The number of allylic oxidation sites excluding steroid dienone is 1. The molecule has 0 saturated heterocycles. The fourth-order valence-electron chi connectivity index (χ4n) is 4.75. The highest BCUT2D eigenvalue weighted by Gasteiger charge is 2.32. The van der Waals surface area contributed by atoms with Gasteiger partial charge in [-0.3, -0.25) is 9.59 Å². The van der Waals surface area contributed by atoms with Crippen molar-refractivity contribution in [2.45, 2.75) is 40.7 Å². The van der Waals surface area contributed by atoms with Gasteiger partial charge in [-0.25, -0.2) is 10.2 Å². The maximum atomic E-state index is 12.7. The number of aromatic nitrogens is 1. The Bertz CT molecular complexity index is 1610. The van der Waals surface area contributed by atoms with E-state index in [1.807, 2.05) is 42.7 Å². The summed E-state index contributed by atoms with van der Waals surface area (Å²) < 4.78 is 18.3. The molecule has 0 spiro atoms. The highest BCUT2D eigenvalue weighted by atomic mass is 32.1. The predicted octanol–water partition coefficient (Wildman–Crippen LogP) is 3.90. The number of ether oxygens (including phenoxy) is 3. The molecular weight excluding hydrogens is 570 g/mol. The van der Waals surface area contributed by atoms with Gasteiger partial charge < -0.3 is 29.4 Å². The van der Waals surface area contributed by atoms with Gasteiger partial charge in [-0.2, -0.15) is 5.10 Å². The Morgan fingerprint density at radius 1 is 1.09 bits per heavy atom. The number of amides is 1. The number of esters is 2. The van der Waals surface area contributed by atoms with Gasteiger partial charge in [-0.15, -0.1) is 0 Å². The zero-order chi connectivity index (χ0) is 31.1. The molecule has 1 atom stereocenters. The van der Waals surface area contributed by atoms with Gasteiger partial charge in [-0.05, 0) is 76.3 Å². The van der Waals surface area contributed by atoms with Gasteiger partial charge in [0, 0.05) is 40.8 Å². The van der Waals surface area contributed by atoms with E-state index in [0.29, 0.717) is 33.4 Å². The van der Waals surface area contributed by atoms with Gasteiger partial charge in [0.25, 0.3) is 5.91 Å². The quantitative estimate of drug-likeness (QED) is 0.104. The number of para-hydroxylation sites is 1. The lowest BCUT2D eigenvalue weighted by atomic mass is 9.95. The lowest BCUT2D eigenvalue weighted by molar-refractivity contribution is -0.139. The fourth-order valence-corrected chi connectivity index (χ4v) is 5.02. The summed E-state index contributed by atoms with van der Waals surface area (Å²) in [7, 11) is 0. The van der Waals surface area contributed by atoms with Crippen LogP contribution in [0.2, 0.25) is 0 Å². The van der Waals surface area contributed by atoms with Gasteiger partial charge >= 0.3 is 11.9 Å². The van der Waals surface area contributed by atoms with Crippen LogP contribution in [0.5, 0.6) is 11.5 Å². The van der Waals surface area contributed by atoms with E-state index in [1.165, 1.54) is 6.92 Å². The molecular formula is C31H33N5O6S. The second-order valence-corrected chi connectivity index (χ2v) is 10.1. The number of nitrogens with one attached hydrogen (secondary N) is 3. The van der Waals surface area contributed by atoms with Crippen molar-refractivity contribution >= 4 is 41.4 Å². The zero-order valence-electron chi connectivity index (χ0n) is 24.5. The number of carbonyl (C=O) groups excluding carboxylic acids is 3. The van der Waals surface area contributed by atoms with Crippen LogP contribution in [-0.2, 0) is 19.1 Å². The first-order valence-corrected chi connectivity index (χ1v) is 14.0. The maximum Gasteiger partial charge on any atom is 0.338 e. The second kappa shape index (κ2) is 13.8. The molecule has 43 heavy (non-hydrogen) atoms. The van der Waals surface area contributed by atoms with Gasteiger partial charge in [0.1, 0.15) is 11.5 Å². The summed E-state index contributed by atoms with van der Waals surface area (Å²) in [4.78, 5) is 36.6. The number of carbonyl (C=O) groups is 3. The van der Waals surface area contributed by atoms with E-state index < -0.39 is 17.9 Å². The van der Waals surface area contributed by atoms with E-state index in [2.05, 4.69) is 21.2 Å². The summed E-state index contributed by atoms with van der Waals surface area (Å²) in [5.41, 5.74) is 7.65. The van der Waals surface area contributed by atoms with Crippen molar-refractivity contribution in [2.24, 2.45) is 5.10 Å². The lowest BCUT2D eigenvalue weighted by Gasteiger charge is -2.30. The largest absolute Gasteiger partial charge is 0.483 e. The number of hydrogen-bond acceptors (Lipinski definition) is 8. The number of hydrazone groups is 1. The molecule has 2 heterocycles. The van der Waals surface area contributed by atoms with Crippen LogP contribution in [0.3, 0.4) is 0 Å². The summed E-state index contributed by atoms with van der Waals surface area (Å²) in [6, 6.07) is 15.6. The highest BCUT2D eigenvalue weighted by molar-refractivity contribution is 7.80. The van der Waals surface area contributed by atoms with Crippen LogP contribution in [0.4, 0.5) is 0 Å². The number of hydrogen-bond donors (Lipinski definition) is 3. The normalized spacial score (nSPS) is 14.6. The summed E-state index contributed by atoms with van der Waals surface area (Å²) in [6.07, 6.45) is 1.57. The highest BCUT2D eigenvalue weighted by Crippen LogP contribution is 2.33. The number of rotatable bonds is 10. The standard InChI is InChI=1S/C31H33N5O6S/c1-6-40-30(39)28-19(3)33-31(43)34-29(28)25-9-7-8-10-26(25)41-17-27(38)35-32-16-22-15-18(2)36(20(22)4)23-11-13-24(14-12-23)42-21(5)37/h7-16,29H,6,17H2,1-5H3,(H,35,38)(H2,33,34,43)/t29-/m0/s1. The smallest absolute Gasteiger partial charge is 0.338 e. The molecule has 0 saturated carbocycles. The Balaban J connectivity index is 1.42. The van der Waals surface area contributed by atoms with Gasteiger partial charge in [0.2, 0.25) is 0 Å². The average molecular weight is 604 g/mol. The van der Waals surface area contributed by atoms with Crippen molar-refractivity contribution in [3.63, 3.8) is 0 Å². The van der Waals surface area contributed by atoms with Crippen LogP contribution in [0.1, 0.15) is 49.3 Å². The molecule has 3 N–H and O–H groups in total. The van der Waals surface area contributed by atoms with Crippen LogP contribution < -0.4 is 25.5 Å². The second-order valence-electron chi connectivity index (χ2n) is 9.66. The molecule has 4 rings (SSSR count). The Hall–Kier alpha value is -4.97. The van der Waals surface area contributed by atoms with Crippen molar-refractivity contribution in [3.8, 4) is 17.2 Å². The van der Waals surface area contributed by atoms with Crippen LogP contribution in [-0.4, -0.2) is 47.0 Å². The van der Waals surface area contributed by atoms with E-state index in [4.69, 9.17) is 26.4 Å². The molecule has 0 aliphatic carbocycles. The molecule has 1 aliphatic heterocycles. The third kappa shape index (κ3) is 7.46. The first-order chi connectivity index (χ1) is 20.6. The maximum absolute atomic E-state index is 12.7. The third-order valence-corrected chi connectivity index (χ3v) is 6.79. The van der Waals surface area contributed by atoms with Crippen molar-refractivity contribution in [2.75, 3.05) is 13.2 Å². The molecule has 1 aromatic heterocycles. The van der Waals surface area contributed by atoms with Crippen molar-refractivity contribution in [1.29, 1.82) is 0 Å². The number of thiocarbonyl (C=S) groups is 1. The summed E-state index contributed by atoms with van der Waals surface area (Å²) in [5, 5.41) is 10.5. The van der Waals surface area contributed by atoms with Gasteiger partial charge in [0.05, 0.1) is 24.4 Å². The number of benzene rings is 2. The molecule has 11 nitrogen and oxygen atoms in total. The SMILES string of the molecule is CCOC(=O)C1=C(C)NC(=S)N[C@H]1c1ccccc1OCC(=O)NN=Cc1cc(C)n(-c2ccc(OC(C)=O)cc2)c1C. The van der Waals surface area contributed by atoms with Crippen molar-refractivity contribution in [1.82, 2.24) is 20.6 Å². The van der Waals surface area contributed by atoms with Gasteiger partial charge in [-0.1, -0.05) is 18.2 Å². The molecule has 0 radical (unpaired) electrons. The predicted molar refractivity (Wildman–Crippen MR) is 165 cm³/mol. The number of nitrogens with zero attached hydrogens (tertiary/aromatic N) is 2. The number of aryl methyl sites for hydroxylation is 1. The van der Waals surface area contributed by atoms with E-state index >= 15 is 0 Å².